The summed E-state index contributed by atoms with van der Waals surface area (Å²) in [6.07, 6.45) is 11.2. The van der Waals surface area contributed by atoms with Crippen molar-refractivity contribution in [1.82, 2.24) is 10.2 Å². The lowest BCUT2D eigenvalue weighted by Crippen LogP contribution is -2.43. The zero-order valence-corrected chi connectivity index (χ0v) is 12.5. The van der Waals surface area contributed by atoms with Crippen LogP contribution in [0.3, 0.4) is 0 Å². The Kier molecular flexibility index (Phi) is 5.97. The maximum absolute atomic E-state index is 3.69. The van der Waals surface area contributed by atoms with Crippen LogP contribution >= 0.6 is 0 Å². The van der Waals surface area contributed by atoms with Gasteiger partial charge in [-0.2, -0.15) is 0 Å². The fraction of sp³-hybridized carbons (Fsp3) is 1.00. The van der Waals surface area contributed by atoms with E-state index < -0.39 is 0 Å². The summed E-state index contributed by atoms with van der Waals surface area (Å²) in [4.78, 5) is 2.82. The van der Waals surface area contributed by atoms with Gasteiger partial charge >= 0.3 is 0 Å². The number of rotatable bonds is 2. The Morgan fingerprint density at radius 2 is 1.89 bits per heavy atom. The van der Waals surface area contributed by atoms with Crippen molar-refractivity contribution in [2.24, 2.45) is 5.92 Å². The van der Waals surface area contributed by atoms with E-state index in [0.717, 1.165) is 18.0 Å². The summed E-state index contributed by atoms with van der Waals surface area (Å²) >= 11 is 0. The smallest absolute Gasteiger partial charge is 0.00953 e. The minimum Gasteiger partial charge on any atom is -0.314 e. The molecule has 0 aromatic heterocycles. The van der Waals surface area contributed by atoms with Gasteiger partial charge in [0.2, 0.25) is 0 Å². The highest BCUT2D eigenvalue weighted by Gasteiger charge is 2.23. The molecule has 1 N–H and O–H groups in total. The normalized spacial score (nSPS) is 36.7. The van der Waals surface area contributed by atoms with E-state index in [9.17, 15) is 0 Å². The first-order valence-corrected chi connectivity index (χ1v) is 8.27. The van der Waals surface area contributed by atoms with E-state index in [1.165, 1.54) is 71.0 Å². The lowest BCUT2D eigenvalue weighted by atomic mass is 10.0. The summed E-state index contributed by atoms with van der Waals surface area (Å²) in [7, 11) is 0. The second-order valence-corrected chi connectivity index (χ2v) is 6.50. The molecule has 1 aliphatic heterocycles. The van der Waals surface area contributed by atoms with Crippen LogP contribution in [0.5, 0.6) is 0 Å². The van der Waals surface area contributed by atoms with E-state index in [1.54, 1.807) is 0 Å². The van der Waals surface area contributed by atoms with Gasteiger partial charge in [-0.1, -0.05) is 26.7 Å². The van der Waals surface area contributed by atoms with Gasteiger partial charge in [0.1, 0.15) is 0 Å². The maximum atomic E-state index is 3.69. The molecule has 0 bridgehead atoms. The van der Waals surface area contributed by atoms with Gasteiger partial charge in [-0.15, -0.1) is 0 Å². The first kappa shape index (κ1) is 14.3. The van der Waals surface area contributed by atoms with Crippen molar-refractivity contribution in [3.05, 3.63) is 0 Å². The molecule has 2 heteroatoms. The molecule has 3 unspecified atom stereocenters. The molecule has 3 atom stereocenters. The second kappa shape index (κ2) is 7.49. The van der Waals surface area contributed by atoms with Crippen molar-refractivity contribution < 1.29 is 0 Å². The Hall–Kier alpha value is -0.0800. The topological polar surface area (TPSA) is 15.3 Å². The molecule has 0 aromatic rings. The van der Waals surface area contributed by atoms with Gasteiger partial charge < -0.3 is 10.2 Å². The van der Waals surface area contributed by atoms with Gasteiger partial charge in [-0.3, -0.25) is 0 Å². The summed E-state index contributed by atoms with van der Waals surface area (Å²) < 4.78 is 0. The third-order valence-corrected chi connectivity index (χ3v) is 5.06. The Labute approximate surface area is 114 Å². The Morgan fingerprint density at radius 1 is 1.00 bits per heavy atom. The molecular weight excluding hydrogens is 220 g/mol. The number of nitrogens with one attached hydrogen (secondary N) is 1. The van der Waals surface area contributed by atoms with Crippen LogP contribution in [0.2, 0.25) is 0 Å². The van der Waals surface area contributed by atoms with E-state index in [1.807, 2.05) is 0 Å². The van der Waals surface area contributed by atoms with Gasteiger partial charge in [-0.05, 0) is 64.1 Å². The Balaban J connectivity index is 1.85. The van der Waals surface area contributed by atoms with Crippen molar-refractivity contribution in [3.8, 4) is 0 Å². The summed E-state index contributed by atoms with van der Waals surface area (Å²) in [6, 6.07) is 1.66. The molecule has 2 aliphatic rings. The van der Waals surface area contributed by atoms with Crippen LogP contribution < -0.4 is 5.32 Å². The summed E-state index contributed by atoms with van der Waals surface area (Å²) in [5.74, 6) is 0.967. The van der Waals surface area contributed by atoms with Crippen molar-refractivity contribution in [1.29, 1.82) is 0 Å². The quantitative estimate of drug-likeness (QED) is 0.758. The van der Waals surface area contributed by atoms with Gasteiger partial charge in [-0.25, -0.2) is 0 Å². The predicted octanol–water partition coefficient (Wildman–Crippen LogP) is 3.42. The van der Waals surface area contributed by atoms with Crippen LogP contribution in [-0.2, 0) is 0 Å². The average Bonchev–Trinajstić information content (AvgIpc) is 2.55. The molecule has 1 heterocycles. The van der Waals surface area contributed by atoms with E-state index >= 15 is 0 Å². The van der Waals surface area contributed by atoms with E-state index in [-0.39, 0.29) is 0 Å². The minimum atomic E-state index is 0.762. The number of hydrogen-bond donors (Lipinski definition) is 1. The first-order valence-electron chi connectivity index (χ1n) is 8.27. The van der Waals surface area contributed by atoms with Gasteiger partial charge in [0.15, 0.2) is 0 Å². The molecule has 0 spiro atoms. The Morgan fingerprint density at radius 3 is 2.72 bits per heavy atom. The minimum absolute atomic E-state index is 0.762. The molecule has 2 rings (SSSR count). The zero-order valence-electron chi connectivity index (χ0n) is 12.5. The highest BCUT2D eigenvalue weighted by molar-refractivity contribution is 4.80. The summed E-state index contributed by atoms with van der Waals surface area (Å²) in [6.45, 7) is 8.62. The second-order valence-electron chi connectivity index (χ2n) is 6.50. The van der Waals surface area contributed by atoms with Crippen LogP contribution in [0.15, 0.2) is 0 Å². The summed E-state index contributed by atoms with van der Waals surface area (Å²) in [5.41, 5.74) is 0. The van der Waals surface area contributed by atoms with E-state index in [2.05, 4.69) is 24.1 Å². The van der Waals surface area contributed by atoms with Crippen molar-refractivity contribution in [2.75, 3.05) is 19.6 Å². The van der Waals surface area contributed by atoms with Crippen molar-refractivity contribution in [3.63, 3.8) is 0 Å². The zero-order chi connectivity index (χ0) is 12.8. The molecule has 18 heavy (non-hydrogen) atoms. The van der Waals surface area contributed by atoms with Gasteiger partial charge in [0.05, 0.1) is 0 Å². The fourth-order valence-corrected chi connectivity index (χ4v) is 3.67. The molecule has 0 amide bonds. The summed E-state index contributed by atoms with van der Waals surface area (Å²) in [5, 5.41) is 3.69. The third kappa shape index (κ3) is 4.24. The number of hydrogen-bond acceptors (Lipinski definition) is 2. The van der Waals surface area contributed by atoms with E-state index in [4.69, 9.17) is 0 Å². The molecule has 0 aromatic carbocycles. The highest BCUT2D eigenvalue weighted by atomic mass is 15.2. The predicted molar refractivity (Wildman–Crippen MR) is 78.9 cm³/mol. The van der Waals surface area contributed by atoms with Gasteiger partial charge in [0, 0.05) is 12.1 Å². The third-order valence-electron chi connectivity index (χ3n) is 5.06. The molecular formula is C16H32N2. The molecule has 2 fully saturated rings. The fourth-order valence-electron chi connectivity index (χ4n) is 3.67. The maximum Gasteiger partial charge on any atom is 0.00953 e. The van der Waals surface area contributed by atoms with Crippen LogP contribution in [0.1, 0.15) is 65.2 Å². The lowest BCUT2D eigenvalue weighted by Gasteiger charge is -2.34. The molecule has 0 radical (unpaired) electrons. The van der Waals surface area contributed by atoms with Crippen LogP contribution in [0.25, 0.3) is 0 Å². The highest BCUT2D eigenvalue weighted by Crippen LogP contribution is 2.26. The van der Waals surface area contributed by atoms with Crippen LogP contribution in [0.4, 0.5) is 0 Å². The van der Waals surface area contributed by atoms with Crippen molar-refractivity contribution in [2.45, 2.75) is 77.3 Å². The Bertz CT molecular complexity index is 229. The molecule has 1 saturated carbocycles. The lowest BCUT2D eigenvalue weighted by molar-refractivity contribution is 0.155. The van der Waals surface area contributed by atoms with Gasteiger partial charge in [0.25, 0.3) is 0 Å². The van der Waals surface area contributed by atoms with Crippen LogP contribution in [-0.4, -0.2) is 36.6 Å². The van der Waals surface area contributed by atoms with Crippen molar-refractivity contribution >= 4 is 0 Å². The molecule has 1 aliphatic carbocycles. The largest absolute Gasteiger partial charge is 0.314 e. The van der Waals surface area contributed by atoms with Crippen LogP contribution in [0, 0.1) is 5.92 Å². The SMILES string of the molecule is CCC1CCN(C2CCCC(C)CC2)CCCN1. The first-order chi connectivity index (χ1) is 8.79. The molecule has 2 nitrogen and oxygen atoms in total. The monoisotopic (exact) mass is 252 g/mol. The standard InChI is InChI=1S/C16H32N2/c1-3-15-10-13-18(12-5-11-17-15)16-7-4-6-14(2)8-9-16/h14-17H,3-13H2,1-2H3. The number of nitrogens with zero attached hydrogens (tertiary/aromatic N) is 1. The molecule has 1 saturated heterocycles. The average molecular weight is 252 g/mol. The molecule has 106 valence electrons. The van der Waals surface area contributed by atoms with E-state index in [0.29, 0.717) is 0 Å².